The Morgan fingerprint density at radius 3 is 2.81 bits per heavy atom. The number of carbonyl (C=O) groups excluding carboxylic acids is 1. The first kappa shape index (κ1) is 17.0. The fourth-order valence-electron chi connectivity index (χ4n) is 3.02. The lowest BCUT2D eigenvalue weighted by Crippen LogP contribution is -2.37. The maximum absolute atomic E-state index is 12.6. The number of amides is 1. The minimum absolute atomic E-state index is 0.181. The summed E-state index contributed by atoms with van der Waals surface area (Å²) >= 11 is 1.62. The SMILES string of the molecule is Cc1ccc(CNC(=O)c2nc(N3CCOCC3)c3c(C)scc3n2)o1. The highest BCUT2D eigenvalue weighted by molar-refractivity contribution is 7.11. The number of ether oxygens (including phenoxy) is 1. The molecule has 1 aliphatic rings. The summed E-state index contributed by atoms with van der Waals surface area (Å²) in [6, 6.07) is 3.72. The molecule has 8 heteroatoms. The van der Waals surface area contributed by atoms with Crippen molar-refractivity contribution in [1.29, 1.82) is 0 Å². The molecule has 1 amide bonds. The Kier molecular flexibility index (Phi) is 4.60. The van der Waals surface area contributed by atoms with E-state index in [2.05, 4.69) is 27.1 Å². The minimum atomic E-state index is -0.306. The van der Waals surface area contributed by atoms with Gasteiger partial charge >= 0.3 is 0 Å². The van der Waals surface area contributed by atoms with E-state index >= 15 is 0 Å². The van der Waals surface area contributed by atoms with Crippen molar-refractivity contribution < 1.29 is 13.9 Å². The average Bonchev–Trinajstić information content (AvgIpc) is 3.25. The smallest absolute Gasteiger partial charge is 0.289 e. The lowest BCUT2D eigenvalue weighted by Gasteiger charge is -2.28. The highest BCUT2D eigenvalue weighted by Crippen LogP contribution is 2.31. The maximum Gasteiger partial charge on any atom is 0.289 e. The topological polar surface area (TPSA) is 80.5 Å². The second-order valence-corrected chi connectivity index (χ2v) is 7.30. The zero-order valence-corrected chi connectivity index (χ0v) is 15.6. The van der Waals surface area contributed by atoms with Gasteiger partial charge in [-0.05, 0) is 26.0 Å². The molecule has 0 atom stereocenters. The maximum atomic E-state index is 12.6. The molecule has 3 aromatic heterocycles. The summed E-state index contributed by atoms with van der Waals surface area (Å²) in [5.74, 6) is 2.21. The van der Waals surface area contributed by atoms with E-state index in [9.17, 15) is 4.79 Å². The Labute approximate surface area is 155 Å². The van der Waals surface area contributed by atoms with Crippen LogP contribution >= 0.6 is 11.3 Å². The van der Waals surface area contributed by atoms with E-state index in [0.717, 1.165) is 40.4 Å². The van der Waals surface area contributed by atoms with Gasteiger partial charge in [0.15, 0.2) is 0 Å². The molecule has 1 fully saturated rings. The van der Waals surface area contributed by atoms with Gasteiger partial charge in [0.1, 0.15) is 17.3 Å². The first-order valence-corrected chi connectivity index (χ1v) is 9.42. The van der Waals surface area contributed by atoms with Crippen molar-refractivity contribution in [3.63, 3.8) is 0 Å². The predicted molar refractivity (Wildman–Crippen MR) is 99.8 cm³/mol. The average molecular weight is 372 g/mol. The summed E-state index contributed by atoms with van der Waals surface area (Å²) in [7, 11) is 0. The van der Waals surface area contributed by atoms with Crippen molar-refractivity contribution >= 4 is 34.0 Å². The summed E-state index contributed by atoms with van der Waals surface area (Å²) < 4.78 is 10.9. The van der Waals surface area contributed by atoms with Crippen LogP contribution in [-0.4, -0.2) is 42.2 Å². The third-order valence-electron chi connectivity index (χ3n) is 4.35. The molecule has 4 heterocycles. The zero-order chi connectivity index (χ0) is 18.1. The van der Waals surface area contributed by atoms with E-state index in [1.807, 2.05) is 24.4 Å². The molecule has 4 rings (SSSR count). The molecule has 0 radical (unpaired) electrons. The van der Waals surface area contributed by atoms with Crippen LogP contribution in [0.15, 0.2) is 21.9 Å². The van der Waals surface area contributed by atoms with Crippen molar-refractivity contribution in [2.75, 3.05) is 31.2 Å². The lowest BCUT2D eigenvalue weighted by atomic mass is 10.2. The highest BCUT2D eigenvalue weighted by Gasteiger charge is 2.22. The summed E-state index contributed by atoms with van der Waals surface area (Å²) in [4.78, 5) is 25.0. The van der Waals surface area contributed by atoms with E-state index in [4.69, 9.17) is 9.15 Å². The van der Waals surface area contributed by atoms with E-state index in [1.54, 1.807) is 11.3 Å². The van der Waals surface area contributed by atoms with Crippen LogP contribution in [0.3, 0.4) is 0 Å². The Hall–Kier alpha value is -2.45. The van der Waals surface area contributed by atoms with Crippen LogP contribution in [0.5, 0.6) is 0 Å². The van der Waals surface area contributed by atoms with Crippen molar-refractivity contribution in [2.45, 2.75) is 20.4 Å². The number of aromatic nitrogens is 2. The van der Waals surface area contributed by atoms with Gasteiger partial charge in [-0.2, -0.15) is 0 Å². The van der Waals surface area contributed by atoms with E-state index < -0.39 is 0 Å². The molecule has 0 aliphatic carbocycles. The summed E-state index contributed by atoms with van der Waals surface area (Å²) in [6.07, 6.45) is 0. The Morgan fingerprint density at radius 2 is 2.08 bits per heavy atom. The van der Waals surface area contributed by atoms with Gasteiger partial charge in [-0.15, -0.1) is 11.3 Å². The normalized spacial score (nSPS) is 14.8. The second kappa shape index (κ2) is 7.05. The molecular weight excluding hydrogens is 352 g/mol. The number of thiophene rings is 1. The Morgan fingerprint density at radius 1 is 1.27 bits per heavy atom. The van der Waals surface area contributed by atoms with Crippen molar-refractivity contribution in [3.05, 3.63) is 39.7 Å². The number of nitrogens with zero attached hydrogens (tertiary/aromatic N) is 3. The number of anilines is 1. The van der Waals surface area contributed by atoms with Crippen molar-refractivity contribution in [2.24, 2.45) is 0 Å². The van der Waals surface area contributed by atoms with E-state index in [1.165, 1.54) is 0 Å². The number of rotatable bonds is 4. The van der Waals surface area contributed by atoms with Gasteiger partial charge in [-0.1, -0.05) is 0 Å². The molecule has 3 aromatic rings. The van der Waals surface area contributed by atoms with Crippen molar-refractivity contribution in [1.82, 2.24) is 15.3 Å². The number of hydrogen-bond donors (Lipinski definition) is 1. The van der Waals surface area contributed by atoms with Gasteiger partial charge < -0.3 is 19.4 Å². The molecule has 26 heavy (non-hydrogen) atoms. The molecule has 0 bridgehead atoms. The van der Waals surface area contributed by atoms with E-state index in [-0.39, 0.29) is 11.7 Å². The summed E-state index contributed by atoms with van der Waals surface area (Å²) in [5, 5.41) is 5.83. The molecule has 1 N–H and O–H groups in total. The van der Waals surface area contributed by atoms with Gasteiger partial charge in [-0.3, -0.25) is 4.79 Å². The van der Waals surface area contributed by atoms with Crippen LogP contribution in [0.4, 0.5) is 5.82 Å². The molecule has 7 nitrogen and oxygen atoms in total. The van der Waals surface area contributed by atoms with Crippen LogP contribution in [0.2, 0.25) is 0 Å². The standard InChI is InChI=1S/C18H20N4O3S/c1-11-3-4-13(25-11)9-19-18(23)16-20-14-10-26-12(2)15(14)17(21-16)22-5-7-24-8-6-22/h3-4,10H,5-9H2,1-2H3,(H,19,23). The Bertz CT molecular complexity index is 943. The van der Waals surface area contributed by atoms with Gasteiger partial charge in [-0.25, -0.2) is 9.97 Å². The number of carbonyl (C=O) groups is 1. The fraction of sp³-hybridized carbons (Fsp3) is 0.389. The molecule has 0 spiro atoms. The first-order valence-electron chi connectivity index (χ1n) is 8.54. The third-order valence-corrected chi connectivity index (χ3v) is 5.25. The lowest BCUT2D eigenvalue weighted by molar-refractivity contribution is 0.0937. The Balaban J connectivity index is 1.63. The first-order chi connectivity index (χ1) is 12.6. The number of nitrogens with one attached hydrogen (secondary N) is 1. The zero-order valence-electron chi connectivity index (χ0n) is 14.7. The third kappa shape index (κ3) is 3.30. The highest BCUT2D eigenvalue weighted by atomic mass is 32.1. The predicted octanol–water partition coefficient (Wildman–Crippen LogP) is 2.67. The molecule has 0 saturated carbocycles. The molecule has 136 valence electrons. The summed E-state index contributed by atoms with van der Waals surface area (Å²) in [5.41, 5.74) is 0.808. The number of aryl methyl sites for hydroxylation is 2. The second-order valence-electron chi connectivity index (χ2n) is 6.22. The number of morpholine rings is 1. The fourth-order valence-corrected chi connectivity index (χ4v) is 3.80. The van der Waals surface area contributed by atoms with E-state index in [0.29, 0.717) is 25.5 Å². The van der Waals surface area contributed by atoms with Crippen LogP contribution in [0.25, 0.3) is 10.9 Å². The number of hydrogen-bond acceptors (Lipinski definition) is 7. The largest absolute Gasteiger partial charge is 0.465 e. The van der Waals surface area contributed by atoms with Crippen LogP contribution in [0, 0.1) is 13.8 Å². The molecular formula is C18H20N4O3S. The summed E-state index contributed by atoms with van der Waals surface area (Å²) in [6.45, 7) is 7.07. The van der Waals surface area contributed by atoms with Gasteiger partial charge in [0.05, 0.1) is 30.7 Å². The van der Waals surface area contributed by atoms with Crippen LogP contribution in [-0.2, 0) is 11.3 Å². The molecule has 1 aliphatic heterocycles. The van der Waals surface area contributed by atoms with Crippen LogP contribution < -0.4 is 10.2 Å². The number of fused-ring (bicyclic) bond motifs is 1. The molecule has 0 aromatic carbocycles. The molecule has 1 saturated heterocycles. The van der Waals surface area contributed by atoms with Crippen LogP contribution in [0.1, 0.15) is 27.0 Å². The van der Waals surface area contributed by atoms with Gasteiger partial charge in [0.2, 0.25) is 5.82 Å². The minimum Gasteiger partial charge on any atom is -0.465 e. The molecule has 0 unspecified atom stereocenters. The van der Waals surface area contributed by atoms with Gasteiger partial charge in [0.25, 0.3) is 5.91 Å². The monoisotopic (exact) mass is 372 g/mol. The van der Waals surface area contributed by atoms with Gasteiger partial charge in [0, 0.05) is 23.3 Å². The quantitative estimate of drug-likeness (QED) is 0.758. The van der Waals surface area contributed by atoms with Crippen molar-refractivity contribution in [3.8, 4) is 0 Å². The number of furan rings is 1.